The predicted octanol–water partition coefficient (Wildman–Crippen LogP) is 4.55. The third kappa shape index (κ3) is 9.11. The summed E-state index contributed by atoms with van der Waals surface area (Å²) < 4.78 is 27.1. The van der Waals surface area contributed by atoms with Gasteiger partial charge in [-0.05, 0) is 72.6 Å². The molecule has 3 fully saturated rings. The van der Waals surface area contributed by atoms with Crippen molar-refractivity contribution >= 4 is 35.2 Å². The molecule has 3 saturated heterocycles. The summed E-state index contributed by atoms with van der Waals surface area (Å²) in [5.74, 6) is 0. The van der Waals surface area contributed by atoms with Gasteiger partial charge in [-0.15, -0.1) is 0 Å². The molecule has 0 amide bonds. The summed E-state index contributed by atoms with van der Waals surface area (Å²) in [6.45, 7) is 22.1. The van der Waals surface area contributed by atoms with Crippen LogP contribution in [0.2, 0.25) is 5.15 Å². The molecule has 0 bridgehead atoms. The maximum atomic E-state index is 6.08. The number of aromatic nitrogens is 6. The molecule has 2 unspecified atom stereocenters. The third-order valence-electron chi connectivity index (χ3n) is 10.3. The van der Waals surface area contributed by atoms with E-state index in [0.717, 1.165) is 106 Å². The summed E-state index contributed by atoms with van der Waals surface area (Å²) in [6, 6.07) is 6.65. The molecule has 7 heterocycles. The van der Waals surface area contributed by atoms with Crippen LogP contribution in [-0.2, 0) is 31.9 Å². The summed E-state index contributed by atoms with van der Waals surface area (Å²) in [6.07, 6.45) is 11.9. The van der Waals surface area contributed by atoms with E-state index in [1.54, 1.807) is 6.07 Å². The molecule has 0 saturated carbocycles. The van der Waals surface area contributed by atoms with Crippen LogP contribution in [0.3, 0.4) is 0 Å². The highest BCUT2D eigenvalue weighted by Gasteiger charge is 2.52. The van der Waals surface area contributed by atoms with E-state index in [4.69, 9.17) is 30.4 Å². The van der Waals surface area contributed by atoms with E-state index >= 15 is 0 Å². The Hall–Kier alpha value is -2.91. The molecular weight excluding hydrogens is 655 g/mol. The number of nitrogens with zero attached hydrogens (tertiary/aromatic N) is 8. The van der Waals surface area contributed by atoms with Gasteiger partial charge >= 0.3 is 7.12 Å². The molecule has 50 heavy (non-hydrogen) atoms. The van der Waals surface area contributed by atoms with Crippen LogP contribution in [0.25, 0.3) is 22.2 Å². The number of halogens is 1. The normalized spacial score (nSPS) is 22.5. The largest absolute Gasteiger partial charge is 0.498 e. The molecule has 270 valence electrons. The highest BCUT2D eigenvalue weighted by Crippen LogP contribution is 2.36. The second kappa shape index (κ2) is 16.2. The second-order valence-electron chi connectivity index (χ2n) is 14.6. The number of fused-ring (bicyclic) bond motifs is 1. The van der Waals surface area contributed by atoms with E-state index in [-0.39, 0.29) is 18.3 Å². The molecule has 7 rings (SSSR count). The Bertz CT molecular complexity index is 1680. The molecule has 0 N–H and O–H groups in total. The predicted molar refractivity (Wildman–Crippen MR) is 197 cm³/mol. The fourth-order valence-corrected chi connectivity index (χ4v) is 6.59. The third-order valence-corrected chi connectivity index (χ3v) is 10.5. The lowest BCUT2D eigenvalue weighted by Crippen LogP contribution is -2.44. The molecule has 4 aromatic rings. The Morgan fingerprint density at radius 3 is 1.98 bits per heavy atom. The van der Waals surface area contributed by atoms with Crippen LogP contribution in [0, 0.1) is 0 Å². The molecule has 0 radical (unpaired) electrons. The number of ether oxygens (including phenoxy) is 2. The molecule has 0 spiro atoms. The first-order chi connectivity index (χ1) is 24.0. The van der Waals surface area contributed by atoms with Crippen molar-refractivity contribution in [3.8, 4) is 11.1 Å². The summed E-state index contributed by atoms with van der Waals surface area (Å²) in [4.78, 5) is 13.8. The zero-order valence-corrected chi connectivity index (χ0v) is 31.2. The summed E-state index contributed by atoms with van der Waals surface area (Å²) in [7, 11) is -0.331. The van der Waals surface area contributed by atoms with Gasteiger partial charge in [-0.25, -0.2) is 4.98 Å². The SMILES string of the molecule is CC1COCCN1CCCn1cc(-c2cnc3ccc(Cl)nc3c2)cn1.CC1COCCN1CCCn1cc(B2OC(C)(C)C(C)(C)O2)cn1. The zero-order chi connectivity index (χ0) is 35.3. The van der Waals surface area contributed by atoms with Crippen molar-refractivity contribution in [3.63, 3.8) is 0 Å². The lowest BCUT2D eigenvalue weighted by Gasteiger charge is -2.33. The number of aryl methyl sites for hydroxylation is 2. The maximum Gasteiger partial charge on any atom is 0.498 e. The van der Waals surface area contributed by atoms with E-state index in [2.05, 4.69) is 77.7 Å². The van der Waals surface area contributed by atoms with E-state index in [9.17, 15) is 0 Å². The van der Waals surface area contributed by atoms with Crippen LogP contribution in [0.15, 0.2) is 49.2 Å². The fraction of sp³-hybridized carbons (Fsp3) is 0.611. The first kappa shape index (κ1) is 36.9. The molecule has 14 heteroatoms. The molecule has 3 aliphatic rings. The van der Waals surface area contributed by atoms with Crippen LogP contribution in [-0.4, -0.2) is 122 Å². The minimum absolute atomic E-state index is 0.313. The van der Waals surface area contributed by atoms with Crippen molar-refractivity contribution in [2.24, 2.45) is 0 Å². The van der Waals surface area contributed by atoms with Crippen molar-refractivity contribution < 1.29 is 18.8 Å². The van der Waals surface area contributed by atoms with E-state index < -0.39 is 0 Å². The van der Waals surface area contributed by atoms with Gasteiger partial charge in [0.05, 0.1) is 54.9 Å². The first-order valence-corrected chi connectivity index (χ1v) is 18.3. The molecule has 3 aliphatic heterocycles. The Kier molecular flexibility index (Phi) is 11.9. The number of pyridine rings is 2. The average molecular weight is 707 g/mol. The van der Waals surface area contributed by atoms with Crippen LogP contribution in [0.4, 0.5) is 0 Å². The maximum absolute atomic E-state index is 6.08. The van der Waals surface area contributed by atoms with Crippen molar-refractivity contribution in [3.05, 3.63) is 54.3 Å². The van der Waals surface area contributed by atoms with E-state index in [1.807, 2.05) is 46.3 Å². The van der Waals surface area contributed by atoms with Gasteiger partial charge in [0.1, 0.15) is 5.15 Å². The molecule has 4 aromatic heterocycles. The summed E-state index contributed by atoms with van der Waals surface area (Å²) >= 11 is 5.99. The van der Waals surface area contributed by atoms with Gasteiger partial charge in [0.15, 0.2) is 0 Å². The minimum Gasteiger partial charge on any atom is -0.399 e. The first-order valence-electron chi connectivity index (χ1n) is 17.9. The molecule has 12 nitrogen and oxygen atoms in total. The van der Waals surface area contributed by atoms with Gasteiger partial charge in [0, 0.05) is 92.7 Å². The van der Waals surface area contributed by atoms with Crippen LogP contribution >= 0.6 is 11.6 Å². The van der Waals surface area contributed by atoms with Crippen LogP contribution in [0.5, 0.6) is 0 Å². The quantitative estimate of drug-likeness (QED) is 0.172. The van der Waals surface area contributed by atoms with Gasteiger partial charge < -0.3 is 18.8 Å². The van der Waals surface area contributed by atoms with Crippen molar-refractivity contribution in [1.82, 2.24) is 39.3 Å². The molecular formula is C36H52BClN8O4. The van der Waals surface area contributed by atoms with Gasteiger partial charge in [0.25, 0.3) is 0 Å². The Labute approximate surface area is 301 Å². The zero-order valence-electron chi connectivity index (χ0n) is 30.4. The summed E-state index contributed by atoms with van der Waals surface area (Å²) in [5.41, 5.74) is 4.04. The van der Waals surface area contributed by atoms with Crippen molar-refractivity contribution in [1.29, 1.82) is 0 Å². The average Bonchev–Trinajstić information content (AvgIpc) is 3.81. The number of hydrogen-bond donors (Lipinski definition) is 0. The topological polar surface area (TPSA) is 105 Å². The Balaban J connectivity index is 0.000000174. The van der Waals surface area contributed by atoms with Crippen molar-refractivity contribution in [2.75, 3.05) is 52.6 Å². The van der Waals surface area contributed by atoms with Crippen LogP contribution < -0.4 is 5.46 Å². The number of morpholine rings is 2. The highest BCUT2D eigenvalue weighted by molar-refractivity contribution is 6.62. The van der Waals surface area contributed by atoms with Crippen molar-refractivity contribution in [2.45, 2.75) is 90.8 Å². The number of rotatable bonds is 10. The van der Waals surface area contributed by atoms with E-state index in [0.29, 0.717) is 17.2 Å². The second-order valence-corrected chi connectivity index (χ2v) is 15.0. The monoisotopic (exact) mass is 706 g/mol. The highest BCUT2D eigenvalue weighted by atomic mass is 35.5. The smallest absolute Gasteiger partial charge is 0.399 e. The lowest BCUT2D eigenvalue weighted by atomic mass is 9.82. The van der Waals surface area contributed by atoms with Gasteiger partial charge in [0.2, 0.25) is 0 Å². The van der Waals surface area contributed by atoms with Gasteiger partial charge in [-0.3, -0.25) is 24.1 Å². The van der Waals surface area contributed by atoms with Crippen LogP contribution in [0.1, 0.15) is 54.4 Å². The number of hydrogen-bond acceptors (Lipinski definition) is 10. The Morgan fingerprint density at radius 2 is 1.36 bits per heavy atom. The lowest BCUT2D eigenvalue weighted by molar-refractivity contribution is -0.00121. The molecule has 2 atom stereocenters. The molecule has 0 aromatic carbocycles. The minimum atomic E-state index is -0.331. The van der Waals surface area contributed by atoms with E-state index in [1.165, 1.54) is 0 Å². The fourth-order valence-electron chi connectivity index (χ4n) is 6.44. The summed E-state index contributed by atoms with van der Waals surface area (Å²) in [5, 5.41) is 9.44. The van der Waals surface area contributed by atoms with Gasteiger partial charge in [-0.1, -0.05) is 11.6 Å². The Morgan fingerprint density at radius 1 is 0.760 bits per heavy atom. The molecule has 0 aliphatic carbocycles. The standard InChI is InChI=1S/C19H22ClN5O.C17H30BN3O3/c1-14-13-26-8-7-24(14)5-2-6-25-12-16(11-22-25)15-9-18-17(21-10-15)3-4-19(20)23-18;1-14-13-22-10-9-20(14)7-6-8-21-12-15(11-19-21)18-23-16(2,3)17(4,5)24-18/h3-4,9-12,14H,2,5-8,13H2,1H3;11-12,14H,6-10,13H2,1-5H3. The van der Waals surface area contributed by atoms with Gasteiger partial charge in [-0.2, -0.15) is 10.2 Å².